The maximum Gasteiger partial charge on any atom is 0.137 e. The predicted molar refractivity (Wildman–Crippen MR) is 70.1 cm³/mol. The smallest absolute Gasteiger partial charge is 0.137 e. The van der Waals surface area contributed by atoms with Gasteiger partial charge in [0.15, 0.2) is 0 Å². The van der Waals surface area contributed by atoms with Gasteiger partial charge in [0, 0.05) is 17.8 Å². The minimum atomic E-state index is -0.272. The molecule has 0 aromatic heterocycles. The van der Waals surface area contributed by atoms with Crippen LogP contribution in [0.25, 0.3) is 0 Å². The second-order valence-corrected chi connectivity index (χ2v) is 5.51. The highest BCUT2D eigenvalue weighted by Crippen LogP contribution is 2.37. The molecule has 0 saturated carbocycles. The number of anilines is 1. The highest BCUT2D eigenvalue weighted by atomic mass is 35.5. The number of methoxy groups -OCH3 is 1. The lowest BCUT2D eigenvalue weighted by Gasteiger charge is -2.33. The van der Waals surface area contributed by atoms with Gasteiger partial charge in [-0.15, -0.1) is 0 Å². The van der Waals surface area contributed by atoms with Crippen LogP contribution in [0.5, 0.6) is 5.75 Å². The summed E-state index contributed by atoms with van der Waals surface area (Å²) < 4.78 is 5.14. The molecule has 1 unspecified atom stereocenters. The van der Waals surface area contributed by atoms with Crippen molar-refractivity contribution in [2.75, 3.05) is 18.6 Å². The van der Waals surface area contributed by atoms with E-state index in [0.29, 0.717) is 17.3 Å². The van der Waals surface area contributed by atoms with Gasteiger partial charge in [-0.25, -0.2) is 0 Å². The molecule has 0 bridgehead atoms. The Kier molecular flexibility index (Phi) is 3.23. The number of hydrogen-bond acceptors (Lipinski definition) is 3. The van der Waals surface area contributed by atoms with Gasteiger partial charge in [-0.05, 0) is 38.5 Å². The summed E-state index contributed by atoms with van der Waals surface area (Å²) >= 11 is 6.12. The summed E-state index contributed by atoms with van der Waals surface area (Å²) in [5.41, 5.74) is 0.981. The van der Waals surface area contributed by atoms with Crippen molar-refractivity contribution in [3.05, 3.63) is 23.2 Å². The zero-order chi connectivity index (χ0) is 12.6. The van der Waals surface area contributed by atoms with Crippen LogP contribution in [0.4, 0.5) is 5.69 Å². The molecular weight excluding hydrogens is 238 g/mol. The zero-order valence-corrected chi connectivity index (χ0v) is 11.2. The Labute approximate surface area is 107 Å². The third-order valence-corrected chi connectivity index (χ3v) is 3.60. The van der Waals surface area contributed by atoms with E-state index in [1.807, 2.05) is 18.2 Å². The minimum Gasteiger partial charge on any atom is -0.495 e. The number of rotatable bonds is 2. The number of ether oxygens (including phenoxy) is 1. The Morgan fingerprint density at radius 3 is 2.65 bits per heavy atom. The lowest BCUT2D eigenvalue weighted by molar-refractivity contribution is 0.188. The number of halogens is 1. The molecule has 17 heavy (non-hydrogen) atoms. The molecule has 0 aliphatic carbocycles. The summed E-state index contributed by atoms with van der Waals surface area (Å²) in [6.45, 7) is 4.90. The average Bonchev–Trinajstić information content (AvgIpc) is 2.51. The first kappa shape index (κ1) is 12.5. The van der Waals surface area contributed by atoms with Crippen LogP contribution in [0.1, 0.15) is 20.3 Å². The lowest BCUT2D eigenvalue weighted by atomic mass is 10.0. The molecular formula is C13H18ClNO2. The second kappa shape index (κ2) is 4.39. The lowest BCUT2D eigenvalue weighted by Crippen LogP contribution is -2.38. The van der Waals surface area contributed by atoms with Crippen LogP contribution in [0, 0.1) is 0 Å². The fraction of sp³-hybridized carbons (Fsp3) is 0.538. The molecule has 0 radical (unpaired) electrons. The van der Waals surface area contributed by atoms with E-state index in [4.69, 9.17) is 16.3 Å². The third kappa shape index (κ3) is 2.35. The number of hydrogen-bond donors (Lipinski definition) is 1. The van der Waals surface area contributed by atoms with Gasteiger partial charge in [0.2, 0.25) is 0 Å². The van der Waals surface area contributed by atoms with E-state index in [1.165, 1.54) is 0 Å². The SMILES string of the molecule is COc1ccc(N2CC(O)CC2(C)C)cc1Cl. The molecule has 2 rings (SSSR count). The molecule has 1 aliphatic heterocycles. The van der Waals surface area contributed by atoms with Gasteiger partial charge in [-0.3, -0.25) is 0 Å². The number of aliphatic hydroxyl groups excluding tert-OH is 1. The molecule has 1 atom stereocenters. The molecule has 1 fully saturated rings. The van der Waals surface area contributed by atoms with E-state index in [2.05, 4.69) is 18.7 Å². The molecule has 1 saturated heterocycles. The van der Waals surface area contributed by atoms with Crippen molar-refractivity contribution in [2.24, 2.45) is 0 Å². The van der Waals surface area contributed by atoms with E-state index in [1.54, 1.807) is 7.11 Å². The summed E-state index contributed by atoms with van der Waals surface area (Å²) in [6.07, 6.45) is 0.502. The van der Waals surface area contributed by atoms with Crippen molar-refractivity contribution in [1.82, 2.24) is 0 Å². The Morgan fingerprint density at radius 2 is 2.18 bits per heavy atom. The van der Waals surface area contributed by atoms with E-state index in [9.17, 15) is 5.11 Å². The summed E-state index contributed by atoms with van der Waals surface area (Å²) in [6, 6.07) is 5.73. The monoisotopic (exact) mass is 255 g/mol. The molecule has 94 valence electrons. The Bertz CT molecular complexity index is 420. The van der Waals surface area contributed by atoms with Crippen molar-refractivity contribution < 1.29 is 9.84 Å². The third-order valence-electron chi connectivity index (χ3n) is 3.31. The van der Waals surface area contributed by atoms with Crippen LogP contribution in [0.3, 0.4) is 0 Å². The zero-order valence-electron chi connectivity index (χ0n) is 10.4. The first-order valence-corrected chi connectivity index (χ1v) is 6.11. The summed E-state index contributed by atoms with van der Waals surface area (Å²) in [5.74, 6) is 0.674. The van der Waals surface area contributed by atoms with Crippen LogP contribution >= 0.6 is 11.6 Å². The van der Waals surface area contributed by atoms with Crippen LogP contribution < -0.4 is 9.64 Å². The maximum atomic E-state index is 9.77. The number of benzene rings is 1. The van der Waals surface area contributed by atoms with Crippen LogP contribution in [-0.4, -0.2) is 30.4 Å². The van der Waals surface area contributed by atoms with Gasteiger partial charge in [-0.1, -0.05) is 11.6 Å². The van der Waals surface area contributed by atoms with E-state index in [-0.39, 0.29) is 11.6 Å². The van der Waals surface area contributed by atoms with Gasteiger partial charge in [0.05, 0.1) is 18.2 Å². The molecule has 1 heterocycles. The maximum absolute atomic E-state index is 9.77. The van der Waals surface area contributed by atoms with E-state index in [0.717, 1.165) is 12.1 Å². The van der Waals surface area contributed by atoms with Gasteiger partial charge in [-0.2, -0.15) is 0 Å². The first-order valence-electron chi connectivity index (χ1n) is 5.73. The van der Waals surface area contributed by atoms with Crippen LogP contribution in [0.15, 0.2) is 18.2 Å². The van der Waals surface area contributed by atoms with Crippen molar-refractivity contribution in [3.8, 4) is 5.75 Å². The fourth-order valence-corrected chi connectivity index (χ4v) is 2.74. The Hall–Kier alpha value is -0.930. The quantitative estimate of drug-likeness (QED) is 0.882. The van der Waals surface area contributed by atoms with Gasteiger partial charge in [0.25, 0.3) is 0 Å². The van der Waals surface area contributed by atoms with E-state index >= 15 is 0 Å². The number of nitrogens with zero attached hydrogens (tertiary/aromatic N) is 1. The molecule has 4 heteroatoms. The fourth-order valence-electron chi connectivity index (χ4n) is 2.49. The minimum absolute atomic E-state index is 0.0443. The summed E-state index contributed by atoms with van der Waals surface area (Å²) in [5, 5.41) is 10.4. The highest BCUT2D eigenvalue weighted by Gasteiger charge is 2.37. The average molecular weight is 256 g/mol. The molecule has 1 N–H and O–H groups in total. The standard InChI is InChI=1S/C13H18ClNO2/c1-13(2)7-10(16)8-15(13)9-4-5-12(17-3)11(14)6-9/h4-6,10,16H,7-8H2,1-3H3. The molecule has 0 amide bonds. The molecule has 0 spiro atoms. The Balaban J connectivity index is 2.32. The molecule has 1 aliphatic rings. The van der Waals surface area contributed by atoms with Crippen molar-refractivity contribution in [2.45, 2.75) is 31.9 Å². The van der Waals surface area contributed by atoms with Crippen molar-refractivity contribution in [3.63, 3.8) is 0 Å². The van der Waals surface area contributed by atoms with Gasteiger partial charge in [0.1, 0.15) is 5.75 Å². The highest BCUT2D eigenvalue weighted by molar-refractivity contribution is 6.32. The van der Waals surface area contributed by atoms with Crippen molar-refractivity contribution in [1.29, 1.82) is 0 Å². The topological polar surface area (TPSA) is 32.7 Å². The largest absolute Gasteiger partial charge is 0.495 e. The molecule has 1 aromatic carbocycles. The molecule has 3 nitrogen and oxygen atoms in total. The van der Waals surface area contributed by atoms with Crippen molar-refractivity contribution >= 4 is 17.3 Å². The second-order valence-electron chi connectivity index (χ2n) is 5.10. The predicted octanol–water partition coefficient (Wildman–Crippen LogP) is 2.70. The number of β-amino-alcohol motifs (C(OH)–C–C–N with tert-alkyl or cyclic N) is 1. The van der Waals surface area contributed by atoms with Crippen LogP contribution in [0.2, 0.25) is 5.02 Å². The first-order chi connectivity index (χ1) is 7.94. The van der Waals surface area contributed by atoms with Crippen LogP contribution in [-0.2, 0) is 0 Å². The van der Waals surface area contributed by atoms with Gasteiger partial charge < -0.3 is 14.7 Å². The van der Waals surface area contributed by atoms with Gasteiger partial charge >= 0.3 is 0 Å². The normalized spacial score (nSPS) is 22.9. The van der Waals surface area contributed by atoms with E-state index < -0.39 is 0 Å². The molecule has 1 aromatic rings. The Morgan fingerprint density at radius 1 is 1.47 bits per heavy atom. The summed E-state index contributed by atoms with van der Waals surface area (Å²) in [7, 11) is 1.60. The number of aliphatic hydroxyl groups is 1. The summed E-state index contributed by atoms with van der Waals surface area (Å²) in [4.78, 5) is 2.18.